The van der Waals surface area contributed by atoms with Crippen LogP contribution < -0.4 is 4.74 Å². The third-order valence-electron chi connectivity index (χ3n) is 4.64. The van der Waals surface area contributed by atoms with Crippen molar-refractivity contribution in [3.8, 4) is 5.88 Å². The van der Waals surface area contributed by atoms with E-state index in [1.54, 1.807) is 11.8 Å². The number of esters is 1. The zero-order valence-corrected chi connectivity index (χ0v) is 18.9. The molecule has 0 fully saturated rings. The lowest BCUT2D eigenvalue weighted by Gasteiger charge is -2.16. The number of aryl methyl sites for hydroxylation is 1. The maximum Gasteiger partial charge on any atom is 0.306 e. The van der Waals surface area contributed by atoms with Gasteiger partial charge in [0.1, 0.15) is 0 Å². The summed E-state index contributed by atoms with van der Waals surface area (Å²) in [7, 11) is 0. The van der Waals surface area contributed by atoms with Gasteiger partial charge >= 0.3 is 5.97 Å². The number of carbonyl (C=O) groups is 1. The summed E-state index contributed by atoms with van der Waals surface area (Å²) in [6.07, 6.45) is 8.76. The summed E-state index contributed by atoms with van der Waals surface area (Å²) in [5.41, 5.74) is 0.923. The summed E-state index contributed by atoms with van der Waals surface area (Å²) < 4.78 is 11.5. The fourth-order valence-corrected chi connectivity index (χ4v) is 3.61. The molecule has 1 aromatic rings. The molecule has 1 rings (SSSR count). The van der Waals surface area contributed by atoms with E-state index < -0.39 is 0 Å². The predicted octanol–water partition coefficient (Wildman–Crippen LogP) is 6.37. The van der Waals surface area contributed by atoms with Crippen LogP contribution in [-0.4, -0.2) is 29.4 Å². The van der Waals surface area contributed by atoms with Crippen LogP contribution in [0.25, 0.3) is 0 Å². The van der Waals surface area contributed by atoms with E-state index in [1.165, 1.54) is 12.8 Å². The molecule has 4 nitrogen and oxygen atoms in total. The van der Waals surface area contributed by atoms with E-state index in [-0.39, 0.29) is 12.1 Å². The monoisotopic (exact) mass is 407 g/mol. The molecule has 0 bridgehead atoms. The molecule has 1 aromatic heterocycles. The zero-order chi connectivity index (χ0) is 20.8. The van der Waals surface area contributed by atoms with Gasteiger partial charge in [-0.1, -0.05) is 39.2 Å². The van der Waals surface area contributed by atoms with Crippen molar-refractivity contribution in [1.82, 2.24) is 4.98 Å². The molecule has 28 heavy (non-hydrogen) atoms. The molecule has 0 N–H and O–H groups in total. The molecule has 0 aliphatic rings. The first kappa shape index (κ1) is 24.5. The highest BCUT2D eigenvalue weighted by atomic mass is 32.2. The summed E-state index contributed by atoms with van der Waals surface area (Å²) in [4.78, 5) is 17.6. The fourth-order valence-electron chi connectivity index (χ4n) is 2.74. The lowest BCUT2D eigenvalue weighted by Crippen LogP contribution is -2.14. The first-order valence-corrected chi connectivity index (χ1v) is 11.5. The van der Waals surface area contributed by atoms with E-state index >= 15 is 0 Å². The smallest absolute Gasteiger partial charge is 0.306 e. The van der Waals surface area contributed by atoms with Crippen molar-refractivity contribution in [2.24, 2.45) is 5.92 Å². The molecular weight excluding hydrogens is 370 g/mol. The number of hydrogen-bond acceptors (Lipinski definition) is 5. The molecule has 0 amide bonds. The second-order valence-corrected chi connectivity index (χ2v) is 8.39. The van der Waals surface area contributed by atoms with Crippen molar-refractivity contribution in [3.05, 3.63) is 30.5 Å². The van der Waals surface area contributed by atoms with Crippen LogP contribution in [0.15, 0.2) is 29.7 Å². The quantitative estimate of drug-likeness (QED) is 0.192. The van der Waals surface area contributed by atoms with Gasteiger partial charge in [-0.3, -0.25) is 4.79 Å². The van der Waals surface area contributed by atoms with E-state index in [1.807, 2.05) is 32.1 Å². The molecule has 0 aromatic carbocycles. The zero-order valence-electron chi connectivity index (χ0n) is 18.0. The van der Waals surface area contributed by atoms with Crippen LogP contribution in [0.4, 0.5) is 0 Å². The fraction of sp³-hybridized carbons (Fsp3) is 0.652. The molecule has 0 radical (unpaired) electrons. The Kier molecular flexibility index (Phi) is 12.7. The van der Waals surface area contributed by atoms with Crippen LogP contribution in [0.2, 0.25) is 0 Å². The largest absolute Gasteiger partial charge is 0.474 e. The van der Waals surface area contributed by atoms with Crippen molar-refractivity contribution in [1.29, 1.82) is 0 Å². The van der Waals surface area contributed by atoms with Crippen LogP contribution in [0.5, 0.6) is 5.88 Å². The van der Waals surface area contributed by atoms with Crippen LogP contribution in [0.3, 0.4) is 0 Å². The Morgan fingerprint density at radius 1 is 1.32 bits per heavy atom. The summed E-state index contributed by atoms with van der Waals surface area (Å²) in [5, 5.41) is 0. The molecule has 0 saturated heterocycles. The average Bonchev–Trinajstić information content (AvgIpc) is 2.68. The van der Waals surface area contributed by atoms with Gasteiger partial charge in [-0.25, -0.2) is 4.98 Å². The minimum atomic E-state index is -0.121. The minimum Gasteiger partial charge on any atom is -0.474 e. The van der Waals surface area contributed by atoms with Crippen molar-refractivity contribution >= 4 is 17.7 Å². The van der Waals surface area contributed by atoms with Gasteiger partial charge in [0.15, 0.2) is 0 Å². The van der Waals surface area contributed by atoms with Gasteiger partial charge in [-0.15, -0.1) is 18.3 Å². The normalized spacial score (nSPS) is 13.0. The first-order valence-electron chi connectivity index (χ1n) is 10.5. The standard InChI is InChI=1S/C23H37NO3S/c1-6-9-11-19(5)27-23-21(14-13-18(4)24-23)28-16-15-22(25)26-17-20(8-3)12-10-7-2/h6,13-14,19-20H,1,7-12,15-17H2,2-5H3/t19-,20-/m1/s1. The molecule has 0 aliphatic carbocycles. The van der Waals surface area contributed by atoms with Gasteiger partial charge in [-0.2, -0.15) is 0 Å². The van der Waals surface area contributed by atoms with Crippen LogP contribution in [0.1, 0.15) is 71.4 Å². The molecule has 0 saturated carbocycles. The second-order valence-electron chi connectivity index (χ2n) is 7.25. The highest BCUT2D eigenvalue weighted by Crippen LogP contribution is 2.29. The number of hydrogen-bond donors (Lipinski definition) is 0. The van der Waals surface area contributed by atoms with Crippen molar-refractivity contribution in [2.75, 3.05) is 12.4 Å². The Morgan fingerprint density at radius 3 is 2.79 bits per heavy atom. The Labute approximate surface area is 175 Å². The molecule has 1 heterocycles. The number of nitrogens with zero attached hydrogens (tertiary/aromatic N) is 1. The van der Waals surface area contributed by atoms with Gasteiger partial charge in [0.25, 0.3) is 0 Å². The summed E-state index contributed by atoms with van der Waals surface area (Å²) in [6.45, 7) is 12.6. The Morgan fingerprint density at radius 2 is 2.11 bits per heavy atom. The molecule has 0 spiro atoms. The van der Waals surface area contributed by atoms with Crippen molar-refractivity contribution in [3.63, 3.8) is 0 Å². The predicted molar refractivity (Wildman–Crippen MR) is 118 cm³/mol. The van der Waals surface area contributed by atoms with E-state index in [9.17, 15) is 4.79 Å². The molecule has 5 heteroatoms. The third-order valence-corrected chi connectivity index (χ3v) is 5.67. The van der Waals surface area contributed by atoms with E-state index in [0.29, 0.717) is 30.6 Å². The van der Waals surface area contributed by atoms with Crippen molar-refractivity contribution in [2.45, 2.75) is 83.6 Å². The summed E-state index contributed by atoms with van der Waals surface area (Å²) in [6, 6.07) is 3.99. The second kappa shape index (κ2) is 14.5. The molecule has 158 valence electrons. The van der Waals surface area contributed by atoms with Gasteiger partial charge in [-0.05, 0) is 51.2 Å². The Bertz CT molecular complexity index is 591. The summed E-state index contributed by atoms with van der Waals surface area (Å²) >= 11 is 1.60. The highest BCUT2D eigenvalue weighted by molar-refractivity contribution is 7.99. The maximum absolute atomic E-state index is 12.1. The van der Waals surface area contributed by atoms with Gasteiger partial charge in [0.05, 0.1) is 24.0 Å². The van der Waals surface area contributed by atoms with Crippen LogP contribution in [-0.2, 0) is 9.53 Å². The summed E-state index contributed by atoms with van der Waals surface area (Å²) in [5.74, 6) is 1.67. The minimum absolute atomic E-state index is 0.0747. The SMILES string of the molecule is C=CCC[C@@H](C)Oc1nc(C)ccc1SCCC(=O)OC[C@H](CC)CCCC. The Balaban J connectivity index is 2.46. The van der Waals surface area contributed by atoms with Gasteiger partial charge in [0, 0.05) is 11.4 Å². The highest BCUT2D eigenvalue weighted by Gasteiger charge is 2.13. The number of unbranched alkanes of at least 4 members (excludes halogenated alkanes) is 1. The number of aromatic nitrogens is 1. The average molecular weight is 408 g/mol. The van der Waals surface area contributed by atoms with E-state index in [2.05, 4.69) is 25.4 Å². The number of rotatable bonds is 15. The van der Waals surface area contributed by atoms with Crippen molar-refractivity contribution < 1.29 is 14.3 Å². The number of ether oxygens (including phenoxy) is 2. The number of thioether (sulfide) groups is 1. The van der Waals surface area contributed by atoms with Crippen LogP contribution in [0, 0.1) is 12.8 Å². The van der Waals surface area contributed by atoms with E-state index in [4.69, 9.17) is 9.47 Å². The number of allylic oxidation sites excluding steroid dienone is 1. The Hall–Kier alpha value is -1.49. The maximum atomic E-state index is 12.1. The van der Waals surface area contributed by atoms with E-state index in [0.717, 1.165) is 36.3 Å². The number of carbonyl (C=O) groups excluding carboxylic acids is 1. The topological polar surface area (TPSA) is 48.4 Å². The first-order chi connectivity index (χ1) is 13.5. The lowest BCUT2D eigenvalue weighted by atomic mass is 10.0. The molecule has 2 atom stereocenters. The van der Waals surface area contributed by atoms with Crippen LogP contribution >= 0.6 is 11.8 Å². The molecule has 0 aliphatic heterocycles. The molecular formula is C23H37NO3S. The van der Waals surface area contributed by atoms with Gasteiger partial charge in [0.2, 0.25) is 5.88 Å². The number of pyridine rings is 1. The van der Waals surface area contributed by atoms with Gasteiger partial charge < -0.3 is 9.47 Å². The lowest BCUT2D eigenvalue weighted by molar-refractivity contribution is -0.144. The molecule has 0 unspecified atom stereocenters. The third kappa shape index (κ3) is 10.2.